The van der Waals surface area contributed by atoms with Crippen molar-refractivity contribution < 1.29 is 5.11 Å². The Morgan fingerprint density at radius 3 is 2.72 bits per heavy atom. The van der Waals surface area contributed by atoms with Crippen LogP contribution in [0.5, 0.6) is 0 Å². The highest BCUT2D eigenvalue weighted by molar-refractivity contribution is 7.08. The first-order valence-electron chi connectivity index (χ1n) is 11.4. The zero-order valence-corrected chi connectivity index (χ0v) is 18.3. The number of hydrogen-bond acceptors (Lipinski definition) is 3. The third-order valence-electron chi connectivity index (χ3n) is 9.29. The average Bonchev–Trinajstić information content (AvgIpc) is 3.29. The monoisotopic (exact) mass is 405 g/mol. The van der Waals surface area contributed by atoms with Crippen LogP contribution in [0.4, 0.5) is 0 Å². The summed E-state index contributed by atoms with van der Waals surface area (Å²) in [6, 6.07) is 8.64. The molecular weight excluding hydrogens is 374 g/mol. The molecule has 2 fully saturated rings. The van der Waals surface area contributed by atoms with Crippen LogP contribution in [0.25, 0.3) is 16.5 Å². The maximum Gasteiger partial charge on any atom is 0.0847 e. The van der Waals surface area contributed by atoms with E-state index in [1.54, 1.807) is 22.7 Å². The standard InChI is InChI=1S/C26H31NOS/c1-25-13-11-17(28)15-16(25)7-8-18-20-9-10-22(26(20,2)14-12-21(18)25)24-19-5-3-4-6-23(19)27-29-24/h3-7,10,17-18,20-21,28H,8-9,11-15H2,1-2H3/t17-,18?,20?,21?,25-,26-/m0/s1. The Bertz CT molecular complexity index is 1030. The van der Waals surface area contributed by atoms with Crippen molar-refractivity contribution in [2.75, 3.05) is 0 Å². The minimum atomic E-state index is -0.112. The number of allylic oxidation sites excluding steroid dienone is 3. The van der Waals surface area contributed by atoms with Gasteiger partial charge in [-0.25, -0.2) is 0 Å². The first-order valence-corrected chi connectivity index (χ1v) is 12.2. The zero-order valence-electron chi connectivity index (χ0n) is 17.5. The molecule has 1 aromatic heterocycles. The summed E-state index contributed by atoms with van der Waals surface area (Å²) in [5.74, 6) is 2.32. The van der Waals surface area contributed by atoms with Crippen molar-refractivity contribution in [2.24, 2.45) is 28.6 Å². The first-order chi connectivity index (χ1) is 14.0. The average molecular weight is 406 g/mol. The van der Waals surface area contributed by atoms with E-state index in [0.29, 0.717) is 5.41 Å². The third-order valence-corrected chi connectivity index (χ3v) is 10.2. The minimum Gasteiger partial charge on any atom is -0.393 e. The van der Waals surface area contributed by atoms with Crippen molar-refractivity contribution in [3.05, 3.63) is 46.9 Å². The number of aliphatic hydroxyl groups excluding tert-OH is 1. The van der Waals surface area contributed by atoms with E-state index >= 15 is 0 Å². The van der Waals surface area contributed by atoms with Gasteiger partial charge in [-0.1, -0.05) is 49.8 Å². The van der Waals surface area contributed by atoms with Crippen LogP contribution >= 0.6 is 11.5 Å². The lowest BCUT2D eigenvalue weighted by Crippen LogP contribution is -2.49. The van der Waals surface area contributed by atoms with Crippen molar-refractivity contribution in [3.63, 3.8) is 0 Å². The number of aromatic nitrogens is 1. The number of nitrogens with zero attached hydrogens (tertiary/aromatic N) is 1. The van der Waals surface area contributed by atoms with Crippen LogP contribution in [-0.4, -0.2) is 15.6 Å². The van der Waals surface area contributed by atoms with Gasteiger partial charge in [0.05, 0.1) is 16.5 Å². The Hall–Kier alpha value is -1.45. The van der Waals surface area contributed by atoms with Gasteiger partial charge in [-0.05, 0) is 96.7 Å². The van der Waals surface area contributed by atoms with Gasteiger partial charge in [-0.3, -0.25) is 0 Å². The van der Waals surface area contributed by atoms with Crippen LogP contribution in [0.2, 0.25) is 0 Å². The largest absolute Gasteiger partial charge is 0.393 e. The van der Waals surface area contributed by atoms with Crippen molar-refractivity contribution in [3.8, 4) is 0 Å². The van der Waals surface area contributed by atoms with E-state index in [2.05, 4.69) is 50.3 Å². The van der Waals surface area contributed by atoms with Crippen LogP contribution in [-0.2, 0) is 0 Å². The van der Waals surface area contributed by atoms with E-state index in [1.165, 1.54) is 42.4 Å². The SMILES string of the molecule is C[C@]12CC[C@H](O)CC1=CCC1C2CC[C@]2(C)C(c3snc4ccccc34)=CCC12. The lowest BCUT2D eigenvalue weighted by molar-refractivity contribution is -0.0237. The molecule has 2 aromatic rings. The molecule has 0 amide bonds. The summed E-state index contributed by atoms with van der Waals surface area (Å²) in [7, 11) is 0. The Balaban J connectivity index is 1.36. The molecule has 0 saturated heterocycles. The van der Waals surface area contributed by atoms with Gasteiger partial charge in [0.2, 0.25) is 0 Å². The number of fused-ring (bicyclic) bond motifs is 6. The second kappa shape index (κ2) is 6.28. The molecule has 3 unspecified atom stereocenters. The van der Waals surface area contributed by atoms with E-state index in [1.807, 2.05) is 0 Å². The molecule has 0 bridgehead atoms. The number of aliphatic hydroxyl groups is 1. The Kier molecular flexibility index (Phi) is 3.97. The highest BCUT2D eigenvalue weighted by Crippen LogP contribution is 2.66. The summed E-state index contributed by atoms with van der Waals surface area (Å²) in [6.07, 6.45) is 13.1. The molecule has 0 radical (unpaired) electrons. The van der Waals surface area contributed by atoms with Gasteiger partial charge < -0.3 is 5.11 Å². The molecule has 1 heterocycles. The van der Waals surface area contributed by atoms with Crippen molar-refractivity contribution in [2.45, 2.75) is 64.9 Å². The van der Waals surface area contributed by atoms with Crippen LogP contribution in [0.1, 0.15) is 63.7 Å². The maximum absolute atomic E-state index is 10.2. The second-order valence-corrected chi connectivity index (χ2v) is 11.3. The fraction of sp³-hybridized carbons (Fsp3) is 0.577. The first kappa shape index (κ1) is 18.3. The predicted octanol–water partition coefficient (Wildman–Crippen LogP) is 6.61. The summed E-state index contributed by atoms with van der Waals surface area (Å²) in [5, 5.41) is 11.6. The second-order valence-electron chi connectivity index (χ2n) is 10.5. The summed E-state index contributed by atoms with van der Waals surface area (Å²) in [6.45, 7) is 5.07. The molecule has 0 aliphatic heterocycles. The van der Waals surface area contributed by atoms with Gasteiger partial charge in [0.1, 0.15) is 0 Å². The molecule has 6 rings (SSSR count). The Morgan fingerprint density at radius 1 is 1.00 bits per heavy atom. The van der Waals surface area contributed by atoms with E-state index in [-0.39, 0.29) is 11.5 Å². The molecule has 6 atom stereocenters. The Morgan fingerprint density at radius 2 is 1.83 bits per heavy atom. The van der Waals surface area contributed by atoms with Gasteiger partial charge in [0, 0.05) is 5.39 Å². The van der Waals surface area contributed by atoms with E-state index in [9.17, 15) is 5.11 Å². The van der Waals surface area contributed by atoms with E-state index in [0.717, 1.165) is 36.1 Å². The molecule has 4 aliphatic carbocycles. The number of benzene rings is 1. The summed E-state index contributed by atoms with van der Waals surface area (Å²) >= 11 is 1.70. The number of rotatable bonds is 1. The molecule has 4 aliphatic rings. The summed E-state index contributed by atoms with van der Waals surface area (Å²) in [5.41, 5.74) is 4.91. The van der Waals surface area contributed by atoms with E-state index < -0.39 is 0 Å². The molecule has 1 N–H and O–H groups in total. The van der Waals surface area contributed by atoms with Crippen LogP contribution in [0.15, 0.2) is 42.0 Å². The fourth-order valence-electron chi connectivity index (χ4n) is 7.64. The van der Waals surface area contributed by atoms with Gasteiger partial charge >= 0.3 is 0 Å². The van der Waals surface area contributed by atoms with E-state index in [4.69, 9.17) is 4.37 Å². The Labute approximate surface area is 177 Å². The van der Waals surface area contributed by atoms with Gasteiger partial charge in [0.25, 0.3) is 0 Å². The maximum atomic E-state index is 10.2. The van der Waals surface area contributed by atoms with Crippen LogP contribution in [0, 0.1) is 28.6 Å². The van der Waals surface area contributed by atoms with Crippen molar-refractivity contribution in [1.29, 1.82) is 0 Å². The van der Waals surface area contributed by atoms with Crippen LogP contribution < -0.4 is 0 Å². The molecular formula is C26H31NOS. The fourth-order valence-corrected chi connectivity index (χ4v) is 8.68. The topological polar surface area (TPSA) is 33.1 Å². The van der Waals surface area contributed by atoms with Crippen molar-refractivity contribution >= 4 is 28.0 Å². The quantitative estimate of drug-likeness (QED) is 0.541. The third kappa shape index (κ3) is 2.47. The predicted molar refractivity (Wildman–Crippen MR) is 121 cm³/mol. The molecule has 2 saturated carbocycles. The minimum absolute atomic E-state index is 0.112. The van der Waals surface area contributed by atoms with Crippen LogP contribution in [0.3, 0.4) is 0 Å². The van der Waals surface area contributed by atoms with Crippen molar-refractivity contribution in [1.82, 2.24) is 4.37 Å². The molecule has 1 aromatic carbocycles. The molecule has 0 spiro atoms. The van der Waals surface area contributed by atoms with Gasteiger partial charge in [0.15, 0.2) is 0 Å². The lowest BCUT2D eigenvalue weighted by atomic mass is 9.47. The molecule has 3 heteroatoms. The highest BCUT2D eigenvalue weighted by Gasteiger charge is 2.57. The van der Waals surface area contributed by atoms with Gasteiger partial charge in [-0.15, -0.1) is 0 Å². The highest BCUT2D eigenvalue weighted by atomic mass is 32.1. The lowest BCUT2D eigenvalue weighted by Gasteiger charge is -2.57. The number of hydrogen-bond donors (Lipinski definition) is 1. The normalized spacial score (nSPS) is 41.3. The molecule has 2 nitrogen and oxygen atoms in total. The molecule has 29 heavy (non-hydrogen) atoms. The summed E-state index contributed by atoms with van der Waals surface area (Å²) in [4.78, 5) is 1.42. The zero-order chi connectivity index (χ0) is 19.8. The molecule has 152 valence electrons. The smallest absolute Gasteiger partial charge is 0.0847 e. The van der Waals surface area contributed by atoms with Gasteiger partial charge in [-0.2, -0.15) is 4.37 Å². The summed E-state index contributed by atoms with van der Waals surface area (Å²) < 4.78 is 4.75.